The van der Waals surface area contributed by atoms with Gasteiger partial charge in [-0.3, -0.25) is 4.98 Å². The number of carbonyl (C=O) groups is 1. The maximum Gasteiger partial charge on any atom is 0.318 e. The summed E-state index contributed by atoms with van der Waals surface area (Å²) in [5.41, 5.74) is 3.51. The normalized spacial score (nSPS) is 21.3. The molecule has 134 valence electrons. The third-order valence-corrected chi connectivity index (χ3v) is 5.28. The highest BCUT2D eigenvalue weighted by molar-refractivity contribution is 5.78. The molecule has 0 radical (unpaired) electrons. The predicted octanol–water partition coefficient (Wildman–Crippen LogP) is 3.62. The number of hydrogen-bond donors (Lipinski definition) is 1. The van der Waals surface area contributed by atoms with Gasteiger partial charge >= 0.3 is 6.03 Å². The van der Waals surface area contributed by atoms with E-state index in [1.54, 1.807) is 25.6 Å². The number of methoxy groups -OCH3 is 1. The molecule has 2 aromatic rings. The van der Waals surface area contributed by atoms with Gasteiger partial charge in [-0.05, 0) is 36.5 Å². The molecule has 2 amide bonds. The lowest BCUT2D eigenvalue weighted by atomic mass is 9.95. The molecule has 0 spiro atoms. The summed E-state index contributed by atoms with van der Waals surface area (Å²) in [6.45, 7) is 0.418. The summed E-state index contributed by atoms with van der Waals surface area (Å²) in [5, 5.41) is 3.04. The van der Waals surface area contributed by atoms with Crippen LogP contribution in [0.2, 0.25) is 0 Å². The number of benzene rings is 1. The summed E-state index contributed by atoms with van der Waals surface area (Å²) in [6, 6.07) is 12.7. The zero-order valence-corrected chi connectivity index (χ0v) is 14.9. The number of urea groups is 1. The number of hydrogen-bond acceptors (Lipinski definition) is 3. The lowest BCUT2D eigenvalue weighted by Gasteiger charge is -2.34. The topological polar surface area (TPSA) is 54.5 Å². The Morgan fingerprint density at radius 2 is 2.12 bits per heavy atom. The largest absolute Gasteiger partial charge is 0.496 e. The van der Waals surface area contributed by atoms with Gasteiger partial charge in [0.15, 0.2) is 0 Å². The van der Waals surface area contributed by atoms with Crippen LogP contribution >= 0.6 is 0 Å². The second kappa shape index (κ2) is 7.20. The highest BCUT2D eigenvalue weighted by atomic mass is 16.5. The van der Waals surface area contributed by atoms with Crippen LogP contribution in [0, 0.1) is 0 Å². The second-order valence-corrected chi connectivity index (χ2v) is 6.81. The van der Waals surface area contributed by atoms with Crippen molar-refractivity contribution in [2.24, 2.45) is 0 Å². The Hall–Kier alpha value is -2.82. The summed E-state index contributed by atoms with van der Waals surface area (Å²) < 4.78 is 5.33. The van der Waals surface area contributed by atoms with Gasteiger partial charge in [0.05, 0.1) is 13.2 Å². The summed E-state index contributed by atoms with van der Waals surface area (Å²) in [6.07, 6.45) is 8.70. The molecule has 4 rings (SSSR count). The van der Waals surface area contributed by atoms with Crippen LogP contribution in [0.15, 0.2) is 54.9 Å². The molecule has 0 aliphatic carbocycles. The molecule has 26 heavy (non-hydrogen) atoms. The lowest BCUT2D eigenvalue weighted by molar-refractivity contribution is 0.179. The summed E-state index contributed by atoms with van der Waals surface area (Å²) in [7, 11) is 1.63. The maximum absolute atomic E-state index is 12.8. The molecule has 2 aliphatic heterocycles. The van der Waals surface area contributed by atoms with E-state index in [0.717, 1.165) is 30.6 Å². The molecule has 2 bridgehead atoms. The zero-order valence-electron chi connectivity index (χ0n) is 14.9. The first-order valence-electron chi connectivity index (χ1n) is 9.05. The molecule has 2 atom stereocenters. The Morgan fingerprint density at radius 3 is 2.88 bits per heavy atom. The quantitative estimate of drug-likeness (QED) is 0.917. The average Bonchev–Trinajstić information content (AvgIpc) is 2.96. The fourth-order valence-corrected chi connectivity index (χ4v) is 4.02. The van der Waals surface area contributed by atoms with Gasteiger partial charge in [0.1, 0.15) is 5.75 Å². The van der Waals surface area contributed by atoms with Crippen molar-refractivity contribution in [3.63, 3.8) is 0 Å². The Kier molecular flexibility index (Phi) is 4.61. The molecular weight excluding hydrogens is 326 g/mol. The van der Waals surface area contributed by atoms with Gasteiger partial charge in [-0.15, -0.1) is 0 Å². The third-order valence-electron chi connectivity index (χ3n) is 5.28. The van der Waals surface area contributed by atoms with Crippen molar-refractivity contribution >= 4 is 11.6 Å². The molecule has 1 fully saturated rings. The Balaban J connectivity index is 1.45. The fraction of sp³-hybridized carbons (Fsp3) is 0.333. The highest BCUT2D eigenvalue weighted by Crippen LogP contribution is 2.38. The molecule has 0 saturated carbocycles. The van der Waals surface area contributed by atoms with E-state index in [1.807, 2.05) is 11.0 Å². The highest BCUT2D eigenvalue weighted by Gasteiger charge is 2.39. The second-order valence-electron chi connectivity index (χ2n) is 6.81. The van der Waals surface area contributed by atoms with Gasteiger partial charge in [0.2, 0.25) is 0 Å². The number of nitrogens with one attached hydrogen (secondary N) is 1. The van der Waals surface area contributed by atoms with Crippen LogP contribution in [-0.2, 0) is 6.54 Å². The number of pyridine rings is 1. The summed E-state index contributed by atoms with van der Waals surface area (Å²) in [5.74, 6) is 0.744. The average molecular weight is 349 g/mol. The zero-order chi connectivity index (χ0) is 17.9. The van der Waals surface area contributed by atoms with Crippen molar-refractivity contribution < 1.29 is 9.53 Å². The first kappa shape index (κ1) is 16.6. The molecule has 1 aromatic heterocycles. The van der Waals surface area contributed by atoms with Crippen molar-refractivity contribution in [2.75, 3.05) is 7.11 Å². The van der Waals surface area contributed by atoms with Crippen molar-refractivity contribution in [1.82, 2.24) is 15.2 Å². The first-order chi connectivity index (χ1) is 12.8. The van der Waals surface area contributed by atoms with E-state index >= 15 is 0 Å². The van der Waals surface area contributed by atoms with Crippen LogP contribution in [0.3, 0.4) is 0 Å². The van der Waals surface area contributed by atoms with Gasteiger partial charge < -0.3 is 15.0 Å². The van der Waals surface area contributed by atoms with Crippen molar-refractivity contribution in [2.45, 2.75) is 37.9 Å². The number of amides is 2. The fourth-order valence-electron chi connectivity index (χ4n) is 4.02. The van der Waals surface area contributed by atoms with Crippen LogP contribution in [0.5, 0.6) is 5.75 Å². The standard InChI is InChI=1S/C21H23N3O2/c1-26-20-9-10-22-13-17(20)14-23-21(25)24-18-7-8-19(24)12-16(11-18)15-5-3-2-4-6-15/h2-6,9-11,13,18-19H,7-8,12,14H2,1H3,(H,23,25). The molecule has 1 aromatic carbocycles. The van der Waals surface area contributed by atoms with Gasteiger partial charge in [-0.25, -0.2) is 4.79 Å². The summed E-state index contributed by atoms with van der Waals surface area (Å²) >= 11 is 0. The van der Waals surface area contributed by atoms with E-state index in [2.05, 4.69) is 40.6 Å². The van der Waals surface area contributed by atoms with Gasteiger partial charge in [-0.2, -0.15) is 0 Å². The van der Waals surface area contributed by atoms with Crippen LogP contribution in [0.25, 0.3) is 5.57 Å². The monoisotopic (exact) mass is 349 g/mol. The van der Waals surface area contributed by atoms with Crippen molar-refractivity contribution in [3.8, 4) is 5.75 Å². The van der Waals surface area contributed by atoms with Gasteiger partial charge in [0.25, 0.3) is 0 Å². The van der Waals surface area contributed by atoms with Crippen molar-refractivity contribution in [1.29, 1.82) is 0 Å². The van der Waals surface area contributed by atoms with E-state index in [-0.39, 0.29) is 18.1 Å². The SMILES string of the molecule is COc1ccncc1CNC(=O)N1C2C=C(c3ccccc3)CC1CC2. The molecule has 1 N–H and O–H groups in total. The number of ether oxygens (including phenoxy) is 1. The predicted molar refractivity (Wildman–Crippen MR) is 101 cm³/mol. The third kappa shape index (κ3) is 3.17. The minimum atomic E-state index is -0.00762. The summed E-state index contributed by atoms with van der Waals surface area (Å²) in [4.78, 5) is 18.9. The minimum Gasteiger partial charge on any atom is -0.496 e. The molecule has 3 heterocycles. The van der Waals surface area contributed by atoms with Crippen LogP contribution < -0.4 is 10.1 Å². The molecule has 2 unspecified atom stereocenters. The molecule has 1 saturated heterocycles. The van der Waals surface area contributed by atoms with Crippen LogP contribution in [0.4, 0.5) is 4.79 Å². The van der Waals surface area contributed by atoms with E-state index in [4.69, 9.17) is 4.74 Å². The molecule has 2 aliphatic rings. The van der Waals surface area contributed by atoms with Gasteiger partial charge in [0, 0.05) is 30.5 Å². The number of aromatic nitrogens is 1. The van der Waals surface area contributed by atoms with E-state index in [0.29, 0.717) is 6.54 Å². The van der Waals surface area contributed by atoms with Crippen LogP contribution in [-0.4, -0.2) is 35.1 Å². The number of carbonyl (C=O) groups excluding carboxylic acids is 1. The smallest absolute Gasteiger partial charge is 0.318 e. The van der Waals surface area contributed by atoms with E-state index < -0.39 is 0 Å². The Morgan fingerprint density at radius 1 is 1.27 bits per heavy atom. The van der Waals surface area contributed by atoms with E-state index in [1.165, 1.54) is 11.1 Å². The van der Waals surface area contributed by atoms with Crippen LogP contribution in [0.1, 0.15) is 30.4 Å². The maximum atomic E-state index is 12.8. The van der Waals surface area contributed by atoms with E-state index in [9.17, 15) is 4.79 Å². The Bertz CT molecular complexity index is 819. The molecular formula is C21H23N3O2. The van der Waals surface area contributed by atoms with Gasteiger partial charge in [-0.1, -0.05) is 36.4 Å². The Labute approximate surface area is 153 Å². The first-order valence-corrected chi connectivity index (χ1v) is 9.05. The molecule has 5 heteroatoms. The molecule has 5 nitrogen and oxygen atoms in total. The van der Waals surface area contributed by atoms with Crippen molar-refractivity contribution in [3.05, 3.63) is 66.0 Å². The number of nitrogens with zero attached hydrogens (tertiary/aromatic N) is 2. The number of fused-ring (bicyclic) bond motifs is 2. The minimum absolute atomic E-state index is 0.00762. The number of rotatable bonds is 4. The lowest BCUT2D eigenvalue weighted by Crippen LogP contribution is -2.48.